The molecular weight excluding hydrogens is 326 g/mol. The maximum atomic E-state index is 12.3. The summed E-state index contributed by atoms with van der Waals surface area (Å²) in [6.45, 7) is 3.80. The summed E-state index contributed by atoms with van der Waals surface area (Å²) in [5, 5.41) is 0. The number of hydrogen-bond acceptors (Lipinski definition) is 3. The number of carbonyl (C=O) groups is 2. The van der Waals surface area contributed by atoms with Crippen LogP contribution in [0.4, 0.5) is 4.79 Å². The second-order valence-corrected chi connectivity index (χ2v) is 6.04. The number of hydrogen-bond donors (Lipinski definition) is 1. The third-order valence-electron chi connectivity index (χ3n) is 4.46. The molecule has 0 aliphatic carbocycles. The Morgan fingerprint density at radius 1 is 0.808 bits per heavy atom. The fraction of sp³-hybridized carbons (Fsp3) is 0.0909. The first-order valence-electron chi connectivity index (χ1n) is 8.25. The van der Waals surface area contributed by atoms with Gasteiger partial charge in [-0.1, -0.05) is 60.7 Å². The predicted octanol–water partition coefficient (Wildman–Crippen LogP) is 4.87. The molecule has 3 aromatic carbocycles. The van der Waals surface area contributed by atoms with Crippen molar-refractivity contribution in [1.29, 1.82) is 0 Å². The van der Waals surface area contributed by atoms with Gasteiger partial charge in [-0.3, -0.25) is 0 Å². The average molecular weight is 345 g/mol. The third-order valence-corrected chi connectivity index (χ3v) is 4.46. The Kier molecular flexibility index (Phi) is 4.85. The summed E-state index contributed by atoms with van der Waals surface area (Å²) >= 11 is 0. The summed E-state index contributed by atoms with van der Waals surface area (Å²) in [7, 11) is 0. The number of carbonyl (C=O) groups excluding carboxylic acids is 2. The molecule has 0 aromatic heterocycles. The van der Waals surface area contributed by atoms with Crippen molar-refractivity contribution in [1.82, 2.24) is 0 Å². The normalized spacial score (nSPS) is 10.4. The van der Waals surface area contributed by atoms with Gasteiger partial charge in [0.2, 0.25) is 0 Å². The van der Waals surface area contributed by atoms with Crippen LogP contribution in [0, 0.1) is 13.8 Å². The van der Waals surface area contributed by atoms with E-state index in [1.807, 2.05) is 74.5 Å². The van der Waals surface area contributed by atoms with E-state index < -0.39 is 12.1 Å². The highest BCUT2D eigenvalue weighted by molar-refractivity contribution is 6.01. The molecule has 1 amide bonds. The SMILES string of the molecule is Cc1c(C(=O)OC(N)=O)cc(-c2ccccc2)c(-c2ccccc2)c1C. The molecule has 3 aromatic rings. The first-order chi connectivity index (χ1) is 12.5. The standard InChI is InChI=1S/C22H19NO3/c1-14-15(2)20(17-11-7-4-8-12-17)19(16-9-5-3-6-10-16)13-18(14)21(24)26-22(23)25/h3-13H,1-2H3,(H2,23,25). The Bertz CT molecular complexity index is 964. The van der Waals surface area contributed by atoms with Crippen LogP contribution in [0.3, 0.4) is 0 Å². The molecule has 0 fully saturated rings. The molecule has 4 heteroatoms. The van der Waals surface area contributed by atoms with Gasteiger partial charge in [-0.05, 0) is 53.3 Å². The fourth-order valence-corrected chi connectivity index (χ4v) is 3.10. The van der Waals surface area contributed by atoms with E-state index in [2.05, 4.69) is 4.74 Å². The summed E-state index contributed by atoms with van der Waals surface area (Å²) in [5.41, 5.74) is 11.0. The van der Waals surface area contributed by atoms with E-state index in [1.54, 1.807) is 6.07 Å². The first-order valence-corrected chi connectivity index (χ1v) is 8.25. The van der Waals surface area contributed by atoms with Crippen LogP contribution < -0.4 is 5.73 Å². The third kappa shape index (κ3) is 3.35. The van der Waals surface area contributed by atoms with Crippen molar-refractivity contribution in [2.45, 2.75) is 13.8 Å². The van der Waals surface area contributed by atoms with E-state index in [9.17, 15) is 9.59 Å². The Labute approximate surface area is 152 Å². The van der Waals surface area contributed by atoms with Crippen LogP contribution in [0.25, 0.3) is 22.3 Å². The summed E-state index contributed by atoms with van der Waals surface area (Å²) in [6.07, 6.45) is -1.11. The molecule has 0 heterocycles. The first kappa shape index (κ1) is 17.4. The van der Waals surface area contributed by atoms with E-state index >= 15 is 0 Å². The Morgan fingerprint density at radius 2 is 1.35 bits per heavy atom. The Morgan fingerprint density at radius 3 is 1.88 bits per heavy atom. The molecule has 0 spiro atoms. The van der Waals surface area contributed by atoms with E-state index in [-0.39, 0.29) is 0 Å². The topological polar surface area (TPSA) is 69.4 Å². The molecule has 0 aliphatic rings. The number of rotatable bonds is 3. The van der Waals surface area contributed by atoms with Gasteiger partial charge in [-0.25, -0.2) is 9.59 Å². The van der Waals surface area contributed by atoms with Crippen molar-refractivity contribution in [3.63, 3.8) is 0 Å². The molecule has 26 heavy (non-hydrogen) atoms. The van der Waals surface area contributed by atoms with Gasteiger partial charge in [0.25, 0.3) is 0 Å². The lowest BCUT2D eigenvalue weighted by molar-refractivity contribution is 0.0637. The van der Waals surface area contributed by atoms with Crippen molar-refractivity contribution in [2.24, 2.45) is 5.73 Å². The van der Waals surface area contributed by atoms with Crippen LogP contribution in [-0.2, 0) is 4.74 Å². The Hall–Kier alpha value is -3.40. The number of esters is 1. The van der Waals surface area contributed by atoms with Crippen molar-refractivity contribution >= 4 is 12.1 Å². The molecule has 3 rings (SSSR count). The van der Waals surface area contributed by atoms with Gasteiger partial charge in [0.15, 0.2) is 0 Å². The van der Waals surface area contributed by atoms with Crippen LogP contribution in [-0.4, -0.2) is 12.1 Å². The van der Waals surface area contributed by atoms with E-state index in [0.717, 1.165) is 33.4 Å². The molecule has 130 valence electrons. The Balaban J connectivity index is 2.29. The van der Waals surface area contributed by atoms with E-state index in [1.165, 1.54) is 0 Å². The molecular formula is C22H19NO3. The minimum atomic E-state index is -1.11. The van der Waals surface area contributed by atoms with Crippen molar-refractivity contribution in [3.8, 4) is 22.3 Å². The van der Waals surface area contributed by atoms with Gasteiger partial charge in [0, 0.05) is 0 Å². The van der Waals surface area contributed by atoms with Crippen LogP contribution in [0.15, 0.2) is 66.7 Å². The van der Waals surface area contributed by atoms with Gasteiger partial charge < -0.3 is 10.5 Å². The largest absolute Gasteiger partial charge is 0.412 e. The quantitative estimate of drug-likeness (QED) is 0.544. The molecule has 2 N–H and O–H groups in total. The molecule has 0 unspecified atom stereocenters. The zero-order chi connectivity index (χ0) is 18.7. The number of primary amides is 1. The molecule has 0 saturated carbocycles. The van der Waals surface area contributed by atoms with Gasteiger partial charge in [-0.2, -0.15) is 0 Å². The van der Waals surface area contributed by atoms with Crippen LogP contribution in [0.5, 0.6) is 0 Å². The lowest BCUT2D eigenvalue weighted by atomic mass is 9.86. The zero-order valence-electron chi connectivity index (χ0n) is 14.7. The van der Waals surface area contributed by atoms with Gasteiger partial charge >= 0.3 is 12.1 Å². The highest BCUT2D eigenvalue weighted by Gasteiger charge is 2.21. The van der Waals surface area contributed by atoms with E-state index in [0.29, 0.717) is 5.56 Å². The van der Waals surface area contributed by atoms with Crippen molar-refractivity contribution < 1.29 is 14.3 Å². The van der Waals surface area contributed by atoms with Gasteiger partial charge in [0.1, 0.15) is 0 Å². The summed E-state index contributed by atoms with van der Waals surface area (Å²) < 4.78 is 4.61. The fourth-order valence-electron chi connectivity index (χ4n) is 3.10. The minimum absolute atomic E-state index is 0.333. The summed E-state index contributed by atoms with van der Waals surface area (Å²) in [6, 6.07) is 21.6. The molecule has 0 bridgehead atoms. The monoisotopic (exact) mass is 345 g/mol. The highest BCUT2D eigenvalue weighted by atomic mass is 16.6. The zero-order valence-corrected chi connectivity index (χ0v) is 14.7. The van der Waals surface area contributed by atoms with Gasteiger partial charge in [-0.15, -0.1) is 0 Å². The van der Waals surface area contributed by atoms with Crippen LogP contribution in [0.1, 0.15) is 21.5 Å². The maximum absolute atomic E-state index is 12.3. The molecule has 0 saturated heterocycles. The molecule has 4 nitrogen and oxygen atoms in total. The maximum Gasteiger partial charge on any atom is 0.412 e. The highest BCUT2D eigenvalue weighted by Crippen LogP contribution is 2.38. The number of amides is 1. The average Bonchev–Trinajstić information content (AvgIpc) is 2.64. The van der Waals surface area contributed by atoms with Crippen molar-refractivity contribution in [2.75, 3.05) is 0 Å². The molecule has 0 atom stereocenters. The molecule has 0 aliphatic heterocycles. The minimum Gasteiger partial charge on any atom is -0.373 e. The predicted molar refractivity (Wildman–Crippen MR) is 102 cm³/mol. The van der Waals surface area contributed by atoms with E-state index in [4.69, 9.17) is 5.73 Å². The van der Waals surface area contributed by atoms with Gasteiger partial charge in [0.05, 0.1) is 5.56 Å². The second-order valence-electron chi connectivity index (χ2n) is 6.04. The van der Waals surface area contributed by atoms with Crippen molar-refractivity contribution in [3.05, 3.63) is 83.4 Å². The summed E-state index contributed by atoms with van der Waals surface area (Å²) in [5.74, 6) is -0.741. The van der Waals surface area contributed by atoms with Crippen LogP contribution >= 0.6 is 0 Å². The number of benzene rings is 3. The smallest absolute Gasteiger partial charge is 0.373 e. The lowest BCUT2D eigenvalue weighted by Gasteiger charge is -2.18. The molecule has 0 radical (unpaired) electrons. The number of ether oxygens (including phenoxy) is 1. The second kappa shape index (κ2) is 7.23. The van der Waals surface area contributed by atoms with Crippen LogP contribution in [0.2, 0.25) is 0 Å². The summed E-state index contributed by atoms with van der Waals surface area (Å²) in [4.78, 5) is 23.3. The lowest BCUT2D eigenvalue weighted by Crippen LogP contribution is -2.19. The number of nitrogens with two attached hydrogens (primary N) is 1.